The standard InChI is InChI=1S/C17H20N2O2/c1-2-13-3-5-14(6-4-13)17(20)19-15-7-9-16(10-8-15)21-12-11-18/h3-10H,2,11-12,18H2,1H3,(H,19,20). The lowest BCUT2D eigenvalue weighted by atomic mass is 10.1. The Balaban J connectivity index is 1.98. The first-order chi connectivity index (χ1) is 10.2. The molecular formula is C17H20N2O2. The molecule has 0 aliphatic heterocycles. The molecule has 110 valence electrons. The molecule has 0 aliphatic carbocycles. The summed E-state index contributed by atoms with van der Waals surface area (Å²) in [7, 11) is 0. The molecule has 0 bridgehead atoms. The number of amides is 1. The van der Waals surface area contributed by atoms with Crippen molar-refractivity contribution in [1.82, 2.24) is 0 Å². The van der Waals surface area contributed by atoms with Gasteiger partial charge in [0, 0.05) is 17.8 Å². The predicted molar refractivity (Wildman–Crippen MR) is 84.8 cm³/mol. The second-order valence-corrected chi connectivity index (χ2v) is 4.67. The molecule has 0 aromatic heterocycles. The van der Waals surface area contributed by atoms with Gasteiger partial charge >= 0.3 is 0 Å². The summed E-state index contributed by atoms with van der Waals surface area (Å²) in [6, 6.07) is 14.9. The largest absolute Gasteiger partial charge is 0.492 e. The highest BCUT2D eigenvalue weighted by atomic mass is 16.5. The molecule has 0 radical (unpaired) electrons. The van der Waals surface area contributed by atoms with Gasteiger partial charge in [-0.25, -0.2) is 0 Å². The van der Waals surface area contributed by atoms with Gasteiger partial charge in [-0.15, -0.1) is 0 Å². The van der Waals surface area contributed by atoms with Crippen LogP contribution in [0.5, 0.6) is 5.75 Å². The zero-order valence-corrected chi connectivity index (χ0v) is 12.1. The van der Waals surface area contributed by atoms with Gasteiger partial charge in [0.25, 0.3) is 5.91 Å². The fraction of sp³-hybridized carbons (Fsp3) is 0.235. The van der Waals surface area contributed by atoms with Gasteiger partial charge in [0.2, 0.25) is 0 Å². The minimum Gasteiger partial charge on any atom is -0.492 e. The molecule has 2 rings (SSSR count). The van der Waals surface area contributed by atoms with Crippen LogP contribution < -0.4 is 15.8 Å². The Hall–Kier alpha value is -2.33. The van der Waals surface area contributed by atoms with Crippen molar-refractivity contribution in [2.75, 3.05) is 18.5 Å². The van der Waals surface area contributed by atoms with Gasteiger partial charge in [-0.3, -0.25) is 4.79 Å². The maximum absolute atomic E-state index is 12.1. The number of aryl methyl sites for hydroxylation is 1. The third kappa shape index (κ3) is 4.33. The van der Waals surface area contributed by atoms with Crippen LogP contribution in [0.4, 0.5) is 5.69 Å². The molecule has 0 spiro atoms. The minimum absolute atomic E-state index is 0.117. The minimum atomic E-state index is -0.117. The normalized spacial score (nSPS) is 10.2. The van der Waals surface area contributed by atoms with Crippen molar-refractivity contribution in [2.45, 2.75) is 13.3 Å². The number of anilines is 1. The van der Waals surface area contributed by atoms with E-state index in [1.807, 2.05) is 48.5 Å². The zero-order valence-electron chi connectivity index (χ0n) is 12.1. The SMILES string of the molecule is CCc1ccc(C(=O)Nc2ccc(OCCN)cc2)cc1. The highest BCUT2D eigenvalue weighted by molar-refractivity contribution is 6.04. The Bertz CT molecular complexity index is 577. The van der Waals surface area contributed by atoms with Crippen LogP contribution in [0.25, 0.3) is 0 Å². The number of nitrogens with two attached hydrogens (primary N) is 1. The van der Waals surface area contributed by atoms with E-state index in [0.29, 0.717) is 18.7 Å². The van der Waals surface area contributed by atoms with Crippen molar-refractivity contribution in [3.05, 3.63) is 59.7 Å². The maximum Gasteiger partial charge on any atom is 0.255 e. The van der Waals surface area contributed by atoms with E-state index in [9.17, 15) is 4.79 Å². The van der Waals surface area contributed by atoms with Crippen molar-refractivity contribution >= 4 is 11.6 Å². The van der Waals surface area contributed by atoms with E-state index in [1.165, 1.54) is 5.56 Å². The molecule has 0 saturated heterocycles. The molecule has 0 aliphatic rings. The number of hydrogen-bond acceptors (Lipinski definition) is 3. The molecule has 4 nitrogen and oxygen atoms in total. The summed E-state index contributed by atoms with van der Waals surface area (Å²) >= 11 is 0. The molecule has 2 aromatic carbocycles. The topological polar surface area (TPSA) is 64.3 Å². The average Bonchev–Trinajstić information content (AvgIpc) is 2.54. The van der Waals surface area contributed by atoms with Gasteiger partial charge in [-0.2, -0.15) is 0 Å². The molecular weight excluding hydrogens is 264 g/mol. The highest BCUT2D eigenvalue weighted by Crippen LogP contribution is 2.16. The van der Waals surface area contributed by atoms with E-state index in [2.05, 4.69) is 12.2 Å². The Kier molecular flexibility index (Phi) is 5.35. The smallest absolute Gasteiger partial charge is 0.255 e. The molecule has 0 heterocycles. The Labute approximate surface area is 124 Å². The van der Waals surface area contributed by atoms with Gasteiger partial charge < -0.3 is 15.8 Å². The first-order valence-corrected chi connectivity index (χ1v) is 7.06. The number of nitrogens with one attached hydrogen (secondary N) is 1. The molecule has 0 fully saturated rings. The number of benzene rings is 2. The molecule has 0 saturated carbocycles. The van der Waals surface area contributed by atoms with Crippen LogP contribution in [0.3, 0.4) is 0 Å². The van der Waals surface area contributed by atoms with Crippen LogP contribution in [0.2, 0.25) is 0 Å². The number of rotatable bonds is 6. The van der Waals surface area contributed by atoms with E-state index in [4.69, 9.17) is 10.5 Å². The summed E-state index contributed by atoms with van der Waals surface area (Å²) in [5.74, 6) is 0.624. The summed E-state index contributed by atoms with van der Waals surface area (Å²) in [5.41, 5.74) is 7.98. The van der Waals surface area contributed by atoms with E-state index in [1.54, 1.807) is 0 Å². The number of ether oxygens (including phenoxy) is 1. The van der Waals surface area contributed by atoms with Crippen LogP contribution >= 0.6 is 0 Å². The van der Waals surface area contributed by atoms with Crippen LogP contribution in [0.15, 0.2) is 48.5 Å². The van der Waals surface area contributed by atoms with E-state index in [-0.39, 0.29) is 5.91 Å². The lowest BCUT2D eigenvalue weighted by molar-refractivity contribution is 0.102. The Morgan fingerprint density at radius 2 is 1.76 bits per heavy atom. The monoisotopic (exact) mass is 284 g/mol. The van der Waals surface area contributed by atoms with Gasteiger partial charge in [-0.05, 0) is 48.4 Å². The van der Waals surface area contributed by atoms with Gasteiger partial charge in [0.05, 0.1) is 0 Å². The summed E-state index contributed by atoms with van der Waals surface area (Å²) in [6.45, 7) is 3.05. The lowest BCUT2D eigenvalue weighted by Gasteiger charge is -2.08. The predicted octanol–water partition coefficient (Wildman–Crippen LogP) is 2.84. The van der Waals surface area contributed by atoms with Gasteiger partial charge in [0.1, 0.15) is 12.4 Å². The van der Waals surface area contributed by atoms with Crippen molar-refractivity contribution in [2.24, 2.45) is 5.73 Å². The highest BCUT2D eigenvalue weighted by Gasteiger charge is 2.06. The molecule has 1 amide bonds. The summed E-state index contributed by atoms with van der Waals surface area (Å²) in [4.78, 5) is 12.1. The summed E-state index contributed by atoms with van der Waals surface area (Å²) in [6.07, 6.45) is 0.964. The van der Waals surface area contributed by atoms with Crippen LogP contribution in [0, 0.1) is 0 Å². The van der Waals surface area contributed by atoms with Crippen molar-refractivity contribution in [1.29, 1.82) is 0 Å². The van der Waals surface area contributed by atoms with Crippen LogP contribution in [-0.2, 0) is 6.42 Å². The van der Waals surface area contributed by atoms with Gasteiger partial charge in [-0.1, -0.05) is 19.1 Å². The van der Waals surface area contributed by atoms with E-state index in [0.717, 1.165) is 17.9 Å². The second kappa shape index (κ2) is 7.45. The van der Waals surface area contributed by atoms with Crippen molar-refractivity contribution in [3.63, 3.8) is 0 Å². The Morgan fingerprint density at radius 3 is 2.33 bits per heavy atom. The van der Waals surface area contributed by atoms with E-state index < -0.39 is 0 Å². The number of carbonyl (C=O) groups is 1. The fourth-order valence-electron chi connectivity index (χ4n) is 1.91. The first kappa shape index (κ1) is 15.1. The number of hydrogen-bond donors (Lipinski definition) is 2. The molecule has 3 N–H and O–H groups in total. The molecule has 4 heteroatoms. The summed E-state index contributed by atoms with van der Waals surface area (Å²) < 4.78 is 5.39. The van der Waals surface area contributed by atoms with Gasteiger partial charge in [0.15, 0.2) is 0 Å². The van der Waals surface area contributed by atoms with Crippen molar-refractivity contribution in [3.8, 4) is 5.75 Å². The fourth-order valence-corrected chi connectivity index (χ4v) is 1.91. The third-order valence-corrected chi connectivity index (χ3v) is 3.12. The molecule has 0 unspecified atom stereocenters. The maximum atomic E-state index is 12.1. The molecule has 0 atom stereocenters. The van der Waals surface area contributed by atoms with Crippen LogP contribution in [0.1, 0.15) is 22.8 Å². The summed E-state index contributed by atoms with van der Waals surface area (Å²) in [5, 5.41) is 2.86. The van der Waals surface area contributed by atoms with Crippen LogP contribution in [-0.4, -0.2) is 19.1 Å². The van der Waals surface area contributed by atoms with E-state index >= 15 is 0 Å². The molecule has 21 heavy (non-hydrogen) atoms. The lowest BCUT2D eigenvalue weighted by Crippen LogP contribution is -2.12. The zero-order chi connectivity index (χ0) is 15.1. The third-order valence-electron chi connectivity index (χ3n) is 3.12. The number of carbonyl (C=O) groups excluding carboxylic acids is 1. The molecule has 2 aromatic rings. The second-order valence-electron chi connectivity index (χ2n) is 4.67. The van der Waals surface area contributed by atoms with Crippen molar-refractivity contribution < 1.29 is 9.53 Å². The first-order valence-electron chi connectivity index (χ1n) is 7.06. The average molecular weight is 284 g/mol. The Morgan fingerprint density at radius 1 is 1.10 bits per heavy atom. The quantitative estimate of drug-likeness (QED) is 0.857.